The zero-order valence-corrected chi connectivity index (χ0v) is 18.5. The van der Waals surface area contributed by atoms with Crippen molar-refractivity contribution in [2.45, 2.75) is 49.4 Å². The van der Waals surface area contributed by atoms with Crippen LogP contribution in [0.3, 0.4) is 0 Å². The average molecular weight is 437 g/mol. The Labute approximate surface area is 187 Å². The van der Waals surface area contributed by atoms with Gasteiger partial charge in [-0.2, -0.15) is 19.6 Å². The van der Waals surface area contributed by atoms with Crippen LogP contribution >= 0.6 is 11.8 Å². The van der Waals surface area contributed by atoms with Gasteiger partial charge in [0.05, 0.1) is 0 Å². The molecule has 2 aliphatic heterocycles. The van der Waals surface area contributed by atoms with E-state index in [9.17, 15) is 0 Å². The molecule has 0 aliphatic carbocycles. The molecule has 0 N–H and O–H groups in total. The van der Waals surface area contributed by atoms with Crippen LogP contribution in [-0.4, -0.2) is 55.9 Å². The first kappa shape index (κ1) is 20.2. The molecule has 0 saturated carbocycles. The number of anilines is 2. The molecule has 162 valence electrons. The van der Waals surface area contributed by atoms with Crippen LogP contribution in [-0.2, 0) is 5.75 Å². The van der Waals surface area contributed by atoms with Crippen LogP contribution in [0.4, 0.5) is 11.9 Å². The van der Waals surface area contributed by atoms with E-state index in [1.807, 2.05) is 6.07 Å². The first-order valence-electron chi connectivity index (χ1n) is 11.2. The Morgan fingerprint density at radius 2 is 1.29 bits per heavy atom. The lowest BCUT2D eigenvalue weighted by Crippen LogP contribution is -2.34. The predicted molar refractivity (Wildman–Crippen MR) is 123 cm³/mol. The van der Waals surface area contributed by atoms with Crippen molar-refractivity contribution in [1.29, 1.82) is 0 Å². The minimum absolute atomic E-state index is 0.551. The highest BCUT2D eigenvalue weighted by Crippen LogP contribution is 2.23. The van der Waals surface area contributed by atoms with Gasteiger partial charge in [-0.3, -0.25) is 0 Å². The molecule has 0 spiro atoms. The van der Waals surface area contributed by atoms with Gasteiger partial charge in [-0.05, 0) is 44.1 Å². The number of piperidine rings is 2. The van der Waals surface area contributed by atoms with E-state index in [1.165, 1.54) is 44.1 Å². The molecule has 4 heterocycles. The normalized spacial score (nSPS) is 17.2. The zero-order chi connectivity index (χ0) is 20.9. The quantitative estimate of drug-likeness (QED) is 0.541. The van der Waals surface area contributed by atoms with Crippen LogP contribution < -0.4 is 9.80 Å². The highest BCUT2D eigenvalue weighted by Gasteiger charge is 2.21. The molecule has 2 saturated heterocycles. The second-order valence-corrected chi connectivity index (χ2v) is 9.02. The predicted octanol–water partition coefficient (Wildman–Crippen LogP) is 3.73. The monoisotopic (exact) mass is 436 g/mol. The zero-order valence-electron chi connectivity index (χ0n) is 17.7. The fraction of sp³-hybridized carbons (Fsp3) is 0.500. The summed E-state index contributed by atoms with van der Waals surface area (Å²) in [6, 6.07) is 10.4. The second-order valence-electron chi connectivity index (χ2n) is 8.08. The van der Waals surface area contributed by atoms with Gasteiger partial charge in [0.1, 0.15) is 6.33 Å². The molecule has 2 aliphatic rings. The van der Waals surface area contributed by atoms with Gasteiger partial charge < -0.3 is 9.80 Å². The summed E-state index contributed by atoms with van der Waals surface area (Å²) in [5, 5.41) is 5.37. The topological polar surface area (TPSA) is 75.9 Å². The molecule has 0 radical (unpaired) electrons. The molecule has 0 bridgehead atoms. The molecule has 0 atom stereocenters. The number of benzene rings is 1. The van der Waals surface area contributed by atoms with Gasteiger partial charge in [0, 0.05) is 31.9 Å². The molecule has 8 nitrogen and oxygen atoms in total. The Bertz CT molecular complexity index is 944. The van der Waals surface area contributed by atoms with Crippen molar-refractivity contribution >= 4 is 23.7 Å². The number of nitrogens with zero attached hydrogens (tertiary/aromatic N) is 8. The van der Waals surface area contributed by atoms with Crippen molar-refractivity contribution in [1.82, 2.24) is 29.7 Å². The van der Waals surface area contributed by atoms with E-state index in [-0.39, 0.29) is 0 Å². The maximum absolute atomic E-state index is 4.85. The van der Waals surface area contributed by atoms with Gasteiger partial charge in [-0.25, -0.2) is 4.98 Å². The fourth-order valence-electron chi connectivity index (χ4n) is 4.05. The molecule has 0 unspecified atom stereocenters. The maximum atomic E-state index is 4.85. The van der Waals surface area contributed by atoms with Crippen LogP contribution in [0.25, 0.3) is 5.95 Å². The van der Waals surface area contributed by atoms with Crippen molar-refractivity contribution in [2.75, 3.05) is 36.0 Å². The third-order valence-corrected chi connectivity index (χ3v) is 6.69. The second kappa shape index (κ2) is 9.64. The first-order chi connectivity index (χ1) is 15.3. The van der Waals surface area contributed by atoms with E-state index < -0.39 is 0 Å². The van der Waals surface area contributed by atoms with Crippen LogP contribution in [0, 0.1) is 0 Å². The van der Waals surface area contributed by atoms with Crippen molar-refractivity contribution in [3.05, 3.63) is 42.2 Å². The lowest BCUT2D eigenvalue weighted by Gasteiger charge is -2.30. The molecule has 31 heavy (non-hydrogen) atoms. The van der Waals surface area contributed by atoms with E-state index in [1.54, 1.807) is 22.8 Å². The van der Waals surface area contributed by atoms with E-state index in [0.717, 1.165) is 49.0 Å². The molecule has 2 aromatic heterocycles. The Kier molecular flexibility index (Phi) is 6.29. The summed E-state index contributed by atoms with van der Waals surface area (Å²) in [4.78, 5) is 23.5. The van der Waals surface area contributed by atoms with Crippen molar-refractivity contribution in [2.24, 2.45) is 0 Å². The Balaban J connectivity index is 1.40. The van der Waals surface area contributed by atoms with E-state index in [2.05, 4.69) is 44.1 Å². The van der Waals surface area contributed by atoms with E-state index in [4.69, 9.17) is 15.0 Å². The Morgan fingerprint density at radius 3 is 1.90 bits per heavy atom. The minimum atomic E-state index is 0.551. The van der Waals surface area contributed by atoms with Gasteiger partial charge in [0.15, 0.2) is 0 Å². The average Bonchev–Trinajstić information content (AvgIpc) is 3.33. The summed E-state index contributed by atoms with van der Waals surface area (Å²) in [5.41, 5.74) is 1.25. The third kappa shape index (κ3) is 4.98. The largest absolute Gasteiger partial charge is 0.341 e. The van der Waals surface area contributed by atoms with Crippen LogP contribution in [0.2, 0.25) is 0 Å². The van der Waals surface area contributed by atoms with Gasteiger partial charge in [-0.15, -0.1) is 5.10 Å². The smallest absolute Gasteiger partial charge is 0.258 e. The van der Waals surface area contributed by atoms with Gasteiger partial charge in [0.2, 0.25) is 17.1 Å². The molecule has 1 aromatic carbocycles. The maximum Gasteiger partial charge on any atom is 0.258 e. The first-order valence-corrected chi connectivity index (χ1v) is 12.2. The SMILES string of the molecule is c1ccc(CSc2ncn(-c3nc(N4CCCCC4)nc(N4CCCCC4)n3)n2)cc1. The van der Waals surface area contributed by atoms with Crippen LogP contribution in [0.5, 0.6) is 0 Å². The standard InChI is InChI=1S/C22H28N8S/c1-4-10-18(11-5-1)16-31-22-23-17-30(27-22)21-25-19(28-12-6-2-7-13-28)24-20(26-21)29-14-8-3-9-15-29/h1,4-5,10-11,17H,2-3,6-9,12-16H2. The summed E-state index contributed by atoms with van der Waals surface area (Å²) in [7, 11) is 0. The lowest BCUT2D eigenvalue weighted by molar-refractivity contribution is 0.553. The van der Waals surface area contributed by atoms with E-state index >= 15 is 0 Å². The molecule has 0 amide bonds. The summed E-state index contributed by atoms with van der Waals surface area (Å²) in [6.07, 6.45) is 9.00. The molecule has 3 aromatic rings. The van der Waals surface area contributed by atoms with Crippen molar-refractivity contribution in [3.8, 4) is 5.95 Å². The molecular weight excluding hydrogens is 408 g/mol. The summed E-state index contributed by atoms with van der Waals surface area (Å²) < 4.78 is 1.69. The fourth-order valence-corrected chi connectivity index (χ4v) is 4.80. The van der Waals surface area contributed by atoms with Gasteiger partial charge in [-0.1, -0.05) is 42.1 Å². The van der Waals surface area contributed by atoms with E-state index in [0.29, 0.717) is 5.95 Å². The molecule has 2 fully saturated rings. The van der Waals surface area contributed by atoms with Crippen molar-refractivity contribution < 1.29 is 0 Å². The summed E-state index contributed by atoms with van der Waals surface area (Å²) in [6.45, 7) is 3.99. The van der Waals surface area contributed by atoms with Crippen LogP contribution in [0.15, 0.2) is 41.8 Å². The highest BCUT2D eigenvalue weighted by molar-refractivity contribution is 7.98. The molecular formula is C22H28N8S. The number of thioether (sulfide) groups is 1. The highest BCUT2D eigenvalue weighted by atomic mass is 32.2. The lowest BCUT2D eigenvalue weighted by atomic mass is 10.1. The number of hydrogen-bond donors (Lipinski definition) is 0. The van der Waals surface area contributed by atoms with Gasteiger partial charge >= 0.3 is 0 Å². The van der Waals surface area contributed by atoms with Crippen molar-refractivity contribution in [3.63, 3.8) is 0 Å². The third-order valence-electron chi connectivity index (χ3n) is 5.76. The molecule has 9 heteroatoms. The minimum Gasteiger partial charge on any atom is -0.341 e. The number of hydrogen-bond acceptors (Lipinski definition) is 8. The number of rotatable bonds is 6. The molecule has 5 rings (SSSR count). The van der Waals surface area contributed by atoms with Gasteiger partial charge in [0.25, 0.3) is 5.95 Å². The van der Waals surface area contributed by atoms with Crippen LogP contribution in [0.1, 0.15) is 44.1 Å². The Hall–Kier alpha value is -2.68. The number of aromatic nitrogens is 6. The Morgan fingerprint density at radius 1 is 0.710 bits per heavy atom. The summed E-state index contributed by atoms with van der Waals surface area (Å²) >= 11 is 1.62. The summed E-state index contributed by atoms with van der Waals surface area (Å²) in [5.74, 6) is 2.91.